The zero-order chi connectivity index (χ0) is 14.7. The summed E-state index contributed by atoms with van der Waals surface area (Å²) in [5, 5.41) is 15.0. The van der Waals surface area contributed by atoms with Crippen LogP contribution in [-0.4, -0.2) is 23.0 Å². The van der Waals surface area contributed by atoms with Crippen molar-refractivity contribution in [2.75, 3.05) is 7.05 Å². The highest BCUT2D eigenvalue weighted by atomic mass is 16.6. The molecule has 0 spiro atoms. The van der Waals surface area contributed by atoms with Crippen molar-refractivity contribution in [2.45, 2.75) is 32.2 Å². The van der Waals surface area contributed by atoms with Gasteiger partial charge in [-0.2, -0.15) is 0 Å². The van der Waals surface area contributed by atoms with Gasteiger partial charge in [-0.3, -0.25) is 15.1 Å². The molecule has 20 heavy (non-hydrogen) atoms. The summed E-state index contributed by atoms with van der Waals surface area (Å²) < 4.78 is 0. The number of pyridine rings is 1. The number of aromatic nitrogens is 1. The number of nitrogens with one attached hydrogen (secondary N) is 1. The summed E-state index contributed by atoms with van der Waals surface area (Å²) in [6.07, 6.45) is 2.64. The monoisotopic (exact) mass is 273 g/mol. The molecule has 0 amide bonds. The van der Waals surface area contributed by atoms with Crippen molar-refractivity contribution in [3.63, 3.8) is 0 Å². The number of hydrogen-bond donors (Lipinski definition) is 1. The first-order valence-electron chi connectivity index (χ1n) is 6.79. The van der Waals surface area contributed by atoms with Gasteiger partial charge < -0.3 is 5.32 Å². The lowest BCUT2D eigenvalue weighted by Gasteiger charge is -2.23. The van der Waals surface area contributed by atoms with Gasteiger partial charge in [-0.1, -0.05) is 6.92 Å². The fourth-order valence-corrected chi connectivity index (χ4v) is 2.68. The van der Waals surface area contributed by atoms with Crippen LogP contribution in [0.1, 0.15) is 31.7 Å². The molecule has 0 saturated carbocycles. The van der Waals surface area contributed by atoms with Gasteiger partial charge in [0, 0.05) is 24.2 Å². The van der Waals surface area contributed by atoms with Crippen LogP contribution in [0.5, 0.6) is 0 Å². The number of nitro groups is 1. The van der Waals surface area contributed by atoms with E-state index in [1.807, 2.05) is 13.1 Å². The van der Waals surface area contributed by atoms with Crippen LogP contribution in [0.3, 0.4) is 0 Å². The van der Waals surface area contributed by atoms with Gasteiger partial charge in [0.2, 0.25) is 0 Å². The molecule has 0 aliphatic heterocycles. The Hall–Kier alpha value is -2.01. The molecule has 1 aromatic heterocycles. The van der Waals surface area contributed by atoms with E-state index in [0.717, 1.165) is 17.5 Å². The lowest BCUT2D eigenvalue weighted by atomic mass is 9.88. The molecule has 5 heteroatoms. The third-order valence-electron chi connectivity index (χ3n) is 3.87. The van der Waals surface area contributed by atoms with Crippen molar-refractivity contribution in [3.8, 4) is 0 Å². The Morgan fingerprint density at radius 2 is 2.15 bits per heavy atom. The summed E-state index contributed by atoms with van der Waals surface area (Å²) >= 11 is 0. The standard InChI is InChI=1S/C15H19N3O2/c1-4-11(10(2)16-3)12-7-8-14(18(19)20)13-6-5-9-17-15(12)13/h5-11,16H,4H2,1-3H3. The Bertz CT molecular complexity index is 628. The van der Waals surface area contributed by atoms with E-state index < -0.39 is 0 Å². The number of non-ortho nitro benzene ring substituents is 1. The fraction of sp³-hybridized carbons (Fsp3) is 0.400. The molecule has 2 atom stereocenters. The minimum Gasteiger partial charge on any atom is -0.317 e. The Balaban J connectivity index is 2.66. The van der Waals surface area contributed by atoms with Gasteiger partial charge in [0.1, 0.15) is 0 Å². The molecule has 0 aliphatic rings. The number of benzene rings is 1. The molecule has 5 nitrogen and oxygen atoms in total. The van der Waals surface area contributed by atoms with Crippen molar-refractivity contribution >= 4 is 16.6 Å². The molecular formula is C15H19N3O2. The molecule has 1 aromatic carbocycles. The average molecular weight is 273 g/mol. The number of nitrogens with zero attached hydrogens (tertiary/aromatic N) is 2. The van der Waals surface area contributed by atoms with E-state index in [1.54, 1.807) is 24.4 Å². The van der Waals surface area contributed by atoms with Crippen LogP contribution in [0.25, 0.3) is 10.9 Å². The Labute approximate surface area is 118 Å². The number of hydrogen-bond acceptors (Lipinski definition) is 4. The number of fused-ring (bicyclic) bond motifs is 1. The second-order valence-corrected chi connectivity index (χ2v) is 4.92. The molecule has 2 rings (SSSR count). The summed E-state index contributed by atoms with van der Waals surface area (Å²) in [4.78, 5) is 15.1. The second kappa shape index (κ2) is 5.96. The number of rotatable bonds is 5. The Morgan fingerprint density at radius 1 is 1.40 bits per heavy atom. The van der Waals surface area contributed by atoms with Gasteiger partial charge in [0.15, 0.2) is 0 Å². The Morgan fingerprint density at radius 3 is 2.75 bits per heavy atom. The summed E-state index contributed by atoms with van der Waals surface area (Å²) in [6.45, 7) is 4.24. The van der Waals surface area contributed by atoms with Crippen LogP contribution in [-0.2, 0) is 0 Å². The minimum absolute atomic E-state index is 0.115. The zero-order valence-electron chi connectivity index (χ0n) is 12.0. The third kappa shape index (κ3) is 2.49. The van der Waals surface area contributed by atoms with E-state index in [9.17, 15) is 10.1 Å². The van der Waals surface area contributed by atoms with Gasteiger partial charge in [0.25, 0.3) is 5.69 Å². The maximum atomic E-state index is 11.1. The largest absolute Gasteiger partial charge is 0.317 e. The quantitative estimate of drug-likeness (QED) is 0.670. The first kappa shape index (κ1) is 14.4. The molecule has 0 radical (unpaired) electrons. The van der Waals surface area contributed by atoms with Gasteiger partial charge in [-0.25, -0.2) is 0 Å². The summed E-state index contributed by atoms with van der Waals surface area (Å²) in [6, 6.07) is 7.22. The van der Waals surface area contributed by atoms with E-state index in [2.05, 4.69) is 24.1 Å². The molecule has 0 aliphatic carbocycles. The van der Waals surface area contributed by atoms with Crippen LogP contribution in [0, 0.1) is 10.1 Å². The predicted octanol–water partition coefficient (Wildman–Crippen LogP) is 3.24. The maximum Gasteiger partial charge on any atom is 0.278 e. The fourth-order valence-electron chi connectivity index (χ4n) is 2.68. The van der Waals surface area contributed by atoms with Gasteiger partial charge in [-0.15, -0.1) is 0 Å². The highest BCUT2D eigenvalue weighted by molar-refractivity contribution is 5.90. The molecule has 2 aromatic rings. The molecule has 2 unspecified atom stereocenters. The molecule has 0 fully saturated rings. The van der Waals surface area contributed by atoms with Crippen molar-refractivity contribution in [1.29, 1.82) is 0 Å². The first-order valence-corrected chi connectivity index (χ1v) is 6.79. The SMILES string of the molecule is CCC(c1ccc([N+](=O)[O-])c2cccnc12)C(C)NC. The molecule has 1 N–H and O–H groups in total. The minimum atomic E-state index is -0.351. The molecule has 0 bridgehead atoms. The second-order valence-electron chi connectivity index (χ2n) is 4.92. The highest BCUT2D eigenvalue weighted by Gasteiger charge is 2.22. The van der Waals surface area contributed by atoms with Crippen molar-refractivity contribution < 1.29 is 4.92 Å². The van der Waals surface area contributed by atoms with Gasteiger partial charge >= 0.3 is 0 Å². The Kier molecular flexibility index (Phi) is 4.29. The molecular weight excluding hydrogens is 254 g/mol. The topological polar surface area (TPSA) is 68.1 Å². The molecule has 1 heterocycles. The summed E-state index contributed by atoms with van der Waals surface area (Å²) in [7, 11) is 1.92. The van der Waals surface area contributed by atoms with Gasteiger partial charge in [-0.05, 0) is 44.2 Å². The lowest BCUT2D eigenvalue weighted by molar-refractivity contribution is -0.383. The van der Waals surface area contributed by atoms with E-state index in [1.165, 1.54) is 0 Å². The molecule has 106 valence electrons. The van der Waals surface area contributed by atoms with Crippen LogP contribution in [0.4, 0.5) is 5.69 Å². The normalized spacial score (nSPS) is 14.2. The molecule has 0 saturated heterocycles. The summed E-state index contributed by atoms with van der Waals surface area (Å²) in [5.41, 5.74) is 1.91. The third-order valence-corrected chi connectivity index (χ3v) is 3.87. The van der Waals surface area contributed by atoms with Crippen molar-refractivity contribution in [2.24, 2.45) is 0 Å². The van der Waals surface area contributed by atoms with Crippen molar-refractivity contribution in [1.82, 2.24) is 10.3 Å². The summed E-state index contributed by atoms with van der Waals surface area (Å²) in [5.74, 6) is 0.276. The van der Waals surface area contributed by atoms with E-state index in [-0.39, 0.29) is 22.6 Å². The van der Waals surface area contributed by atoms with E-state index in [4.69, 9.17) is 0 Å². The van der Waals surface area contributed by atoms with Gasteiger partial charge in [0.05, 0.1) is 15.8 Å². The maximum absolute atomic E-state index is 11.1. The average Bonchev–Trinajstić information content (AvgIpc) is 2.47. The first-order chi connectivity index (χ1) is 9.60. The number of likely N-dealkylation sites (N-methyl/N-ethyl adjacent to an activating group) is 1. The zero-order valence-corrected chi connectivity index (χ0v) is 12.0. The lowest BCUT2D eigenvalue weighted by Crippen LogP contribution is -2.28. The van der Waals surface area contributed by atoms with Crippen molar-refractivity contribution in [3.05, 3.63) is 46.1 Å². The van der Waals surface area contributed by atoms with Crippen LogP contribution in [0.15, 0.2) is 30.5 Å². The number of nitro benzene ring substituents is 1. The van der Waals surface area contributed by atoms with E-state index >= 15 is 0 Å². The van der Waals surface area contributed by atoms with E-state index in [0.29, 0.717) is 5.39 Å². The van der Waals surface area contributed by atoms with Crippen LogP contribution >= 0.6 is 0 Å². The van der Waals surface area contributed by atoms with Crippen LogP contribution in [0.2, 0.25) is 0 Å². The van der Waals surface area contributed by atoms with Crippen LogP contribution < -0.4 is 5.32 Å². The highest BCUT2D eigenvalue weighted by Crippen LogP contribution is 2.33. The smallest absolute Gasteiger partial charge is 0.278 e. The predicted molar refractivity (Wildman–Crippen MR) is 80.0 cm³/mol.